The Bertz CT molecular complexity index is 904. The van der Waals surface area contributed by atoms with Crippen LogP contribution in [0.2, 0.25) is 0 Å². The third-order valence-corrected chi connectivity index (χ3v) is 3.90. The van der Waals surface area contributed by atoms with Crippen molar-refractivity contribution in [3.63, 3.8) is 0 Å². The van der Waals surface area contributed by atoms with Gasteiger partial charge in [0, 0.05) is 13.5 Å². The topological polar surface area (TPSA) is 67.9 Å². The number of hydrogen-bond donors (Lipinski definition) is 1. The molecule has 0 saturated heterocycles. The Kier molecular flexibility index (Phi) is 5.20. The number of anilines is 1. The lowest BCUT2D eigenvalue weighted by atomic mass is 10.2. The van der Waals surface area contributed by atoms with Gasteiger partial charge < -0.3 is 19.7 Å². The predicted octanol–water partition coefficient (Wildman–Crippen LogP) is 2.82. The molecule has 142 valence electrons. The number of fused-ring (bicyclic) bond motifs is 1. The minimum atomic E-state index is -1.68. The van der Waals surface area contributed by atoms with E-state index < -0.39 is 41.5 Å². The van der Waals surface area contributed by atoms with Crippen LogP contribution in [0, 0.1) is 17.5 Å². The van der Waals surface area contributed by atoms with Gasteiger partial charge in [-0.1, -0.05) is 6.07 Å². The Morgan fingerprint density at radius 1 is 1.07 bits per heavy atom. The van der Waals surface area contributed by atoms with Crippen molar-refractivity contribution in [3.8, 4) is 11.5 Å². The molecule has 1 aliphatic rings. The van der Waals surface area contributed by atoms with Gasteiger partial charge in [-0.2, -0.15) is 0 Å². The Morgan fingerprint density at radius 3 is 2.56 bits per heavy atom. The summed E-state index contributed by atoms with van der Waals surface area (Å²) in [6, 6.07) is 6.69. The first-order valence-electron chi connectivity index (χ1n) is 7.92. The van der Waals surface area contributed by atoms with Gasteiger partial charge in [0.15, 0.2) is 29.0 Å². The molecular weight excluding hydrogens is 365 g/mol. The minimum Gasteiger partial charge on any atom is -0.454 e. The third-order valence-electron chi connectivity index (χ3n) is 3.90. The smallest absolute Gasteiger partial charge is 0.244 e. The van der Waals surface area contributed by atoms with Crippen molar-refractivity contribution in [3.05, 3.63) is 53.3 Å². The Labute approximate surface area is 152 Å². The molecule has 0 aromatic heterocycles. The van der Waals surface area contributed by atoms with Gasteiger partial charge in [0.2, 0.25) is 18.6 Å². The first-order valence-corrected chi connectivity index (χ1v) is 7.92. The normalized spacial score (nSPS) is 12.0. The molecule has 0 spiro atoms. The number of nitrogens with one attached hydrogen (secondary N) is 1. The highest BCUT2D eigenvalue weighted by Crippen LogP contribution is 2.32. The molecule has 0 radical (unpaired) electrons. The molecule has 0 saturated carbocycles. The van der Waals surface area contributed by atoms with Crippen LogP contribution < -0.4 is 14.8 Å². The molecule has 1 aliphatic heterocycles. The zero-order valence-corrected chi connectivity index (χ0v) is 14.2. The summed E-state index contributed by atoms with van der Waals surface area (Å²) in [7, 11) is 0. The summed E-state index contributed by atoms with van der Waals surface area (Å²) in [6.45, 7) is 1.08. The van der Waals surface area contributed by atoms with E-state index in [0.29, 0.717) is 23.1 Å². The van der Waals surface area contributed by atoms with Gasteiger partial charge >= 0.3 is 0 Å². The van der Waals surface area contributed by atoms with E-state index in [1.807, 2.05) is 0 Å². The summed E-state index contributed by atoms with van der Waals surface area (Å²) >= 11 is 0. The lowest BCUT2D eigenvalue weighted by Crippen LogP contribution is -2.36. The van der Waals surface area contributed by atoms with E-state index in [2.05, 4.69) is 5.32 Å². The number of rotatable bonds is 5. The predicted molar refractivity (Wildman–Crippen MR) is 88.6 cm³/mol. The molecule has 27 heavy (non-hydrogen) atoms. The average molecular weight is 380 g/mol. The molecule has 2 amide bonds. The van der Waals surface area contributed by atoms with E-state index in [4.69, 9.17) is 9.47 Å². The van der Waals surface area contributed by atoms with Crippen molar-refractivity contribution in [1.82, 2.24) is 4.90 Å². The Balaban J connectivity index is 1.68. The Morgan fingerprint density at radius 2 is 1.81 bits per heavy atom. The molecule has 0 aliphatic carbocycles. The zero-order valence-electron chi connectivity index (χ0n) is 14.2. The molecule has 0 bridgehead atoms. The maximum Gasteiger partial charge on any atom is 0.244 e. The summed E-state index contributed by atoms with van der Waals surface area (Å²) in [6.07, 6.45) is 0. The number of amides is 2. The van der Waals surface area contributed by atoms with Gasteiger partial charge in [-0.25, -0.2) is 13.2 Å². The van der Waals surface area contributed by atoms with E-state index in [9.17, 15) is 22.8 Å². The highest BCUT2D eigenvalue weighted by Gasteiger charge is 2.20. The quantitative estimate of drug-likeness (QED) is 0.810. The van der Waals surface area contributed by atoms with Crippen molar-refractivity contribution >= 4 is 17.5 Å². The zero-order chi connectivity index (χ0) is 19.6. The maximum absolute atomic E-state index is 13.7. The van der Waals surface area contributed by atoms with Gasteiger partial charge in [0.1, 0.15) is 6.54 Å². The molecule has 3 rings (SSSR count). The summed E-state index contributed by atoms with van der Waals surface area (Å²) in [4.78, 5) is 25.2. The fourth-order valence-corrected chi connectivity index (χ4v) is 2.52. The van der Waals surface area contributed by atoms with E-state index in [1.165, 1.54) is 11.8 Å². The number of carbonyl (C=O) groups is 2. The van der Waals surface area contributed by atoms with Gasteiger partial charge in [-0.15, -0.1) is 0 Å². The van der Waals surface area contributed by atoms with Crippen LogP contribution in [0.15, 0.2) is 30.3 Å². The van der Waals surface area contributed by atoms with E-state index in [-0.39, 0.29) is 13.3 Å². The minimum absolute atomic E-state index is 0.0969. The van der Waals surface area contributed by atoms with Crippen molar-refractivity contribution in [1.29, 1.82) is 0 Å². The van der Waals surface area contributed by atoms with Crippen molar-refractivity contribution < 1.29 is 32.2 Å². The lowest BCUT2D eigenvalue weighted by Gasteiger charge is -2.21. The monoisotopic (exact) mass is 380 g/mol. The molecule has 2 aromatic carbocycles. The second-order valence-electron chi connectivity index (χ2n) is 5.83. The molecule has 1 heterocycles. The fourth-order valence-electron chi connectivity index (χ4n) is 2.52. The SMILES string of the molecule is CC(=O)N(CC(=O)Nc1ccc(F)c(F)c1F)Cc1ccc2c(c1)OCO2. The highest BCUT2D eigenvalue weighted by atomic mass is 19.2. The molecule has 2 aromatic rings. The molecule has 1 N–H and O–H groups in total. The van der Waals surface area contributed by atoms with Gasteiger partial charge in [0.25, 0.3) is 0 Å². The molecule has 6 nitrogen and oxygen atoms in total. The maximum atomic E-state index is 13.7. The molecule has 0 unspecified atom stereocenters. The summed E-state index contributed by atoms with van der Waals surface area (Å²) in [5.74, 6) is -4.59. The average Bonchev–Trinajstić information content (AvgIpc) is 3.09. The number of halogens is 3. The second-order valence-corrected chi connectivity index (χ2v) is 5.83. The van der Waals surface area contributed by atoms with Crippen LogP contribution in [0.4, 0.5) is 18.9 Å². The number of carbonyl (C=O) groups excluding carboxylic acids is 2. The van der Waals surface area contributed by atoms with Crippen LogP contribution in [0.25, 0.3) is 0 Å². The van der Waals surface area contributed by atoms with Crippen molar-refractivity contribution in [2.75, 3.05) is 18.7 Å². The first-order chi connectivity index (χ1) is 12.8. The van der Waals surface area contributed by atoms with Crippen LogP contribution in [-0.4, -0.2) is 30.1 Å². The number of benzene rings is 2. The van der Waals surface area contributed by atoms with E-state index in [1.54, 1.807) is 18.2 Å². The third kappa shape index (κ3) is 4.13. The lowest BCUT2D eigenvalue weighted by molar-refractivity contribution is -0.133. The number of nitrogens with zero attached hydrogens (tertiary/aromatic N) is 1. The summed E-state index contributed by atoms with van der Waals surface area (Å²) < 4.78 is 50.3. The molecular formula is C18H15F3N2O4. The van der Waals surface area contributed by atoms with Crippen LogP contribution in [0.3, 0.4) is 0 Å². The Hall–Kier alpha value is -3.23. The van der Waals surface area contributed by atoms with Crippen LogP contribution in [0.5, 0.6) is 11.5 Å². The van der Waals surface area contributed by atoms with E-state index in [0.717, 1.165) is 6.07 Å². The fraction of sp³-hybridized carbons (Fsp3) is 0.222. The van der Waals surface area contributed by atoms with Crippen molar-refractivity contribution in [2.24, 2.45) is 0 Å². The van der Waals surface area contributed by atoms with Gasteiger partial charge in [0.05, 0.1) is 5.69 Å². The number of hydrogen-bond acceptors (Lipinski definition) is 4. The molecule has 9 heteroatoms. The molecule has 0 fully saturated rings. The summed E-state index contributed by atoms with van der Waals surface area (Å²) in [5, 5.41) is 2.13. The highest BCUT2D eigenvalue weighted by molar-refractivity contribution is 5.94. The van der Waals surface area contributed by atoms with Gasteiger partial charge in [-0.05, 0) is 29.8 Å². The standard InChI is InChI=1S/C18H15F3N2O4/c1-10(24)23(7-11-2-5-14-15(6-11)27-9-26-14)8-16(25)22-13-4-3-12(19)17(20)18(13)21/h2-6H,7-9H2,1H3,(H,22,25). The van der Waals surface area contributed by atoms with Gasteiger partial charge in [-0.3, -0.25) is 9.59 Å². The van der Waals surface area contributed by atoms with Crippen molar-refractivity contribution in [2.45, 2.75) is 13.5 Å². The molecule has 0 atom stereocenters. The van der Waals surface area contributed by atoms with Crippen LogP contribution in [-0.2, 0) is 16.1 Å². The summed E-state index contributed by atoms with van der Waals surface area (Å²) in [5.41, 5.74) is 0.187. The van der Waals surface area contributed by atoms with E-state index >= 15 is 0 Å². The number of ether oxygens (including phenoxy) is 2. The second kappa shape index (κ2) is 7.56. The first kappa shape index (κ1) is 18.6. The van der Waals surface area contributed by atoms with Crippen LogP contribution in [0.1, 0.15) is 12.5 Å². The largest absolute Gasteiger partial charge is 0.454 e. The van der Waals surface area contributed by atoms with Crippen LogP contribution >= 0.6 is 0 Å².